The standard InChI is InChI=1S/C12H16OS.C8H3NO2/c1-2-8-13-11-7-3-5-10-6-4-9-14-12(10)11;10-7-5-2-1-4-3-6(5)8(11)9(4)7/h3,5,7H,2,4,6,8-9H2,1H3;1-3H. The van der Waals surface area contributed by atoms with Crippen molar-refractivity contribution < 1.29 is 9.53 Å². The van der Waals surface area contributed by atoms with Gasteiger partial charge in [-0.15, -0.1) is 11.8 Å². The number of aryl methyl sites for hydroxylation is 1. The average molecular weight is 353 g/mol. The maximum atomic E-state index is 11.2. The highest BCUT2D eigenvalue weighted by Gasteiger charge is 2.27. The zero-order valence-corrected chi connectivity index (χ0v) is 14.9. The van der Waals surface area contributed by atoms with Crippen LogP contribution in [0.15, 0.2) is 46.1 Å². The van der Waals surface area contributed by atoms with E-state index >= 15 is 0 Å². The third kappa shape index (κ3) is 2.72. The molecule has 2 aromatic carbocycles. The Morgan fingerprint density at radius 2 is 2.08 bits per heavy atom. The molecule has 0 spiro atoms. The Labute approximate surface area is 150 Å². The molecule has 5 heteroatoms. The highest BCUT2D eigenvalue weighted by atomic mass is 32.2. The van der Waals surface area contributed by atoms with Crippen molar-refractivity contribution in [3.63, 3.8) is 0 Å². The second-order valence-electron chi connectivity index (χ2n) is 6.22. The van der Waals surface area contributed by atoms with Gasteiger partial charge in [0.05, 0.1) is 28.0 Å². The monoisotopic (exact) mass is 353 g/mol. The van der Waals surface area contributed by atoms with E-state index in [2.05, 4.69) is 25.1 Å². The van der Waals surface area contributed by atoms with Crippen molar-refractivity contribution in [1.82, 2.24) is 4.57 Å². The Morgan fingerprint density at radius 1 is 1.20 bits per heavy atom. The van der Waals surface area contributed by atoms with Crippen LogP contribution in [0.5, 0.6) is 5.75 Å². The minimum absolute atomic E-state index is 0.162. The molecular weight excluding hydrogens is 334 g/mol. The Kier molecular flexibility index (Phi) is 4.25. The molecule has 0 aliphatic carbocycles. The van der Waals surface area contributed by atoms with Gasteiger partial charge in [0.2, 0.25) is 0 Å². The van der Waals surface area contributed by atoms with Crippen LogP contribution in [-0.4, -0.2) is 22.8 Å². The van der Waals surface area contributed by atoms with Crippen LogP contribution in [-0.2, 0) is 6.42 Å². The summed E-state index contributed by atoms with van der Waals surface area (Å²) in [5.41, 5.74) is 2.58. The number of ether oxygens (including phenoxy) is 1. The largest absolute Gasteiger partial charge is 0.492 e. The highest BCUT2D eigenvalue weighted by molar-refractivity contribution is 7.99. The molecule has 25 heavy (non-hydrogen) atoms. The molecule has 0 amide bonds. The fourth-order valence-corrected chi connectivity index (χ4v) is 4.40. The van der Waals surface area contributed by atoms with Crippen LogP contribution in [0, 0.1) is 0 Å². The molecule has 3 aliphatic rings. The number of aromatic nitrogens is 1. The molecule has 6 rings (SSSR count). The first-order valence-electron chi connectivity index (χ1n) is 8.61. The molecule has 0 radical (unpaired) electrons. The molecule has 1 aromatic heterocycles. The van der Waals surface area contributed by atoms with E-state index in [-0.39, 0.29) is 11.5 Å². The first-order valence-corrected chi connectivity index (χ1v) is 9.59. The van der Waals surface area contributed by atoms with Crippen molar-refractivity contribution in [2.45, 2.75) is 31.1 Å². The van der Waals surface area contributed by atoms with E-state index in [1.807, 2.05) is 11.8 Å². The predicted octanol–water partition coefficient (Wildman–Crippen LogP) is 3.95. The van der Waals surface area contributed by atoms with Crippen molar-refractivity contribution in [2.24, 2.45) is 0 Å². The summed E-state index contributed by atoms with van der Waals surface area (Å²) in [6.45, 7) is 2.97. The Morgan fingerprint density at radius 3 is 2.76 bits per heavy atom. The topological polar surface area (TPSA) is 48.3 Å². The molecule has 4 nitrogen and oxygen atoms in total. The molecule has 0 saturated carbocycles. The van der Waals surface area contributed by atoms with Crippen molar-refractivity contribution in [3.8, 4) is 5.75 Å². The molecular formula is C20H19NO3S. The van der Waals surface area contributed by atoms with Gasteiger partial charge in [-0.25, -0.2) is 4.57 Å². The molecule has 3 aromatic rings. The molecule has 0 unspecified atom stereocenters. The summed E-state index contributed by atoms with van der Waals surface area (Å²) in [6, 6.07) is 11.7. The predicted molar refractivity (Wildman–Crippen MR) is 100 cm³/mol. The number of hydrogen-bond donors (Lipinski definition) is 0. The third-order valence-electron chi connectivity index (χ3n) is 4.49. The minimum atomic E-state index is -0.162. The maximum absolute atomic E-state index is 11.2. The molecule has 0 atom stereocenters. The number of carbonyl (C=O) groups excluding carboxylic acids is 1. The Bertz CT molecular complexity index is 992. The molecule has 0 saturated heterocycles. The SMILES string of the molecule is CCCOc1cccc2c1SCCC2.O=C1c2cc3ccc2c(=O)n31. The van der Waals surface area contributed by atoms with E-state index in [9.17, 15) is 9.59 Å². The van der Waals surface area contributed by atoms with Gasteiger partial charge in [0.25, 0.3) is 11.5 Å². The minimum Gasteiger partial charge on any atom is -0.492 e. The van der Waals surface area contributed by atoms with E-state index in [1.165, 1.54) is 33.6 Å². The first-order chi connectivity index (χ1) is 12.2. The number of rotatable bonds is 3. The lowest BCUT2D eigenvalue weighted by molar-refractivity contribution is 0.0974. The third-order valence-corrected chi connectivity index (χ3v) is 5.73. The number of hydrogen-bond acceptors (Lipinski definition) is 4. The summed E-state index contributed by atoms with van der Waals surface area (Å²) < 4.78 is 6.95. The van der Waals surface area contributed by atoms with Crippen molar-refractivity contribution >= 4 is 28.6 Å². The van der Waals surface area contributed by atoms with Gasteiger partial charge in [0, 0.05) is 0 Å². The lowest BCUT2D eigenvalue weighted by Crippen LogP contribution is -2.16. The number of fused-ring (bicyclic) bond motifs is 2. The van der Waals surface area contributed by atoms with Gasteiger partial charge < -0.3 is 4.74 Å². The van der Waals surface area contributed by atoms with Crippen LogP contribution in [0.25, 0.3) is 10.9 Å². The van der Waals surface area contributed by atoms with Crippen molar-refractivity contribution in [3.05, 3.63) is 57.9 Å². The van der Waals surface area contributed by atoms with Gasteiger partial charge in [-0.05, 0) is 54.8 Å². The first kappa shape index (κ1) is 16.2. The number of pyridine rings is 2. The number of nitrogens with zero attached hydrogens (tertiary/aromatic N) is 1. The molecule has 4 bridgehead atoms. The number of benzene rings is 2. The second kappa shape index (κ2) is 6.56. The van der Waals surface area contributed by atoms with Gasteiger partial charge in [-0.1, -0.05) is 19.1 Å². The van der Waals surface area contributed by atoms with Crippen LogP contribution >= 0.6 is 11.8 Å². The quantitative estimate of drug-likeness (QED) is 0.559. The highest BCUT2D eigenvalue weighted by Crippen LogP contribution is 2.37. The number of thioether (sulfide) groups is 1. The van der Waals surface area contributed by atoms with Crippen molar-refractivity contribution in [2.75, 3.05) is 12.4 Å². The Hall–Kier alpha value is -2.27. The normalized spacial score (nSPS) is 14.5. The zero-order chi connectivity index (χ0) is 17.4. The van der Waals surface area contributed by atoms with Gasteiger partial charge in [-0.3, -0.25) is 9.59 Å². The van der Waals surface area contributed by atoms with Gasteiger partial charge in [0.15, 0.2) is 0 Å². The van der Waals surface area contributed by atoms with Crippen LogP contribution in [0.2, 0.25) is 0 Å². The van der Waals surface area contributed by atoms with E-state index in [1.54, 1.807) is 18.2 Å². The van der Waals surface area contributed by atoms with Crippen LogP contribution in [0.3, 0.4) is 0 Å². The smallest absolute Gasteiger partial charge is 0.266 e. The zero-order valence-electron chi connectivity index (χ0n) is 14.1. The molecule has 4 heterocycles. The van der Waals surface area contributed by atoms with E-state index < -0.39 is 0 Å². The summed E-state index contributed by atoms with van der Waals surface area (Å²) in [7, 11) is 0. The summed E-state index contributed by atoms with van der Waals surface area (Å²) >= 11 is 1.94. The van der Waals surface area contributed by atoms with Crippen LogP contribution in [0.1, 0.15) is 35.7 Å². The molecule has 128 valence electrons. The lowest BCUT2D eigenvalue weighted by atomic mass is 10.1. The molecule has 3 aliphatic heterocycles. The fraction of sp³-hybridized carbons (Fsp3) is 0.300. The van der Waals surface area contributed by atoms with Crippen LogP contribution in [0.4, 0.5) is 0 Å². The maximum Gasteiger partial charge on any atom is 0.266 e. The lowest BCUT2D eigenvalue weighted by Gasteiger charge is -2.18. The van der Waals surface area contributed by atoms with Gasteiger partial charge in [0.1, 0.15) is 5.75 Å². The van der Waals surface area contributed by atoms with Crippen molar-refractivity contribution in [1.29, 1.82) is 0 Å². The summed E-state index contributed by atoms with van der Waals surface area (Å²) in [6.07, 6.45) is 3.59. The molecule has 0 fully saturated rings. The van der Waals surface area contributed by atoms with Crippen LogP contribution < -0.4 is 10.3 Å². The van der Waals surface area contributed by atoms with E-state index in [0.29, 0.717) is 16.5 Å². The summed E-state index contributed by atoms with van der Waals surface area (Å²) in [5.74, 6) is 2.17. The Balaban J connectivity index is 0.000000128. The van der Waals surface area contributed by atoms with E-state index in [0.717, 1.165) is 18.8 Å². The average Bonchev–Trinajstić information content (AvgIpc) is 3.04. The fourth-order valence-electron chi connectivity index (χ4n) is 3.29. The molecule has 0 N–H and O–H groups in total. The summed E-state index contributed by atoms with van der Waals surface area (Å²) in [4.78, 5) is 23.8. The van der Waals surface area contributed by atoms with E-state index in [4.69, 9.17) is 4.74 Å². The summed E-state index contributed by atoms with van der Waals surface area (Å²) in [5, 5.41) is 0.546. The van der Waals surface area contributed by atoms with Gasteiger partial charge in [-0.2, -0.15) is 0 Å². The van der Waals surface area contributed by atoms with Gasteiger partial charge >= 0.3 is 0 Å². The second-order valence-corrected chi connectivity index (χ2v) is 7.33. The number of carbonyl (C=O) groups is 1.